The zero-order chi connectivity index (χ0) is 13.8. The van der Waals surface area contributed by atoms with Crippen molar-refractivity contribution >= 4 is 26.8 Å². The predicted molar refractivity (Wildman–Crippen MR) is 86.7 cm³/mol. The van der Waals surface area contributed by atoms with Crippen LogP contribution in [0.15, 0.2) is 28.7 Å². The van der Waals surface area contributed by atoms with E-state index in [0.717, 1.165) is 25.6 Å². The van der Waals surface area contributed by atoms with E-state index in [1.54, 1.807) is 0 Å². The summed E-state index contributed by atoms with van der Waals surface area (Å²) in [6, 6.07) is 8.57. The number of hydrogen-bond donors (Lipinski definition) is 1. The van der Waals surface area contributed by atoms with Crippen LogP contribution in [0.3, 0.4) is 0 Å². The van der Waals surface area contributed by atoms with Crippen LogP contribution in [0.5, 0.6) is 0 Å². The average Bonchev–Trinajstić information content (AvgIpc) is 2.63. The van der Waals surface area contributed by atoms with Gasteiger partial charge < -0.3 is 9.88 Å². The van der Waals surface area contributed by atoms with Gasteiger partial charge in [0, 0.05) is 34.2 Å². The van der Waals surface area contributed by atoms with Crippen LogP contribution >= 0.6 is 15.9 Å². The minimum atomic E-state index is 0.774. The number of benzene rings is 1. The molecule has 2 aromatic rings. The van der Waals surface area contributed by atoms with Crippen molar-refractivity contribution in [1.82, 2.24) is 9.88 Å². The maximum atomic E-state index is 3.70. The Morgan fingerprint density at radius 1 is 1.21 bits per heavy atom. The molecule has 0 amide bonds. The number of hydrogen-bond acceptors (Lipinski definition) is 1. The fraction of sp³-hybridized carbons (Fsp3) is 0.500. The molecule has 3 heteroatoms. The monoisotopic (exact) mass is 322 g/mol. The molecule has 0 atom stereocenters. The lowest BCUT2D eigenvalue weighted by Gasteiger charge is -2.10. The third kappa shape index (κ3) is 3.40. The van der Waals surface area contributed by atoms with Gasteiger partial charge in [0.15, 0.2) is 0 Å². The summed E-state index contributed by atoms with van der Waals surface area (Å²) in [5, 5.41) is 4.84. The molecule has 1 N–H and O–H groups in total. The van der Waals surface area contributed by atoms with Gasteiger partial charge in [-0.1, -0.05) is 32.0 Å². The van der Waals surface area contributed by atoms with Crippen molar-refractivity contribution in [2.24, 2.45) is 5.92 Å². The van der Waals surface area contributed by atoms with Crippen molar-refractivity contribution in [2.45, 2.75) is 33.7 Å². The van der Waals surface area contributed by atoms with Crippen molar-refractivity contribution in [3.63, 3.8) is 0 Å². The molecule has 0 saturated heterocycles. The SMILES string of the molecule is Cc1c(Br)c2ccccc2n1CCNCCC(C)C. The first-order chi connectivity index (χ1) is 9.11. The molecule has 0 aliphatic heterocycles. The van der Waals surface area contributed by atoms with E-state index in [1.165, 1.54) is 27.5 Å². The smallest absolute Gasteiger partial charge is 0.0494 e. The number of halogens is 1. The maximum absolute atomic E-state index is 3.70. The topological polar surface area (TPSA) is 17.0 Å². The van der Waals surface area contributed by atoms with Crippen molar-refractivity contribution in [3.8, 4) is 0 Å². The maximum Gasteiger partial charge on any atom is 0.0494 e. The Morgan fingerprint density at radius 3 is 2.68 bits per heavy atom. The van der Waals surface area contributed by atoms with E-state index in [2.05, 4.69) is 70.9 Å². The van der Waals surface area contributed by atoms with E-state index in [4.69, 9.17) is 0 Å². The van der Waals surface area contributed by atoms with Gasteiger partial charge in [0.1, 0.15) is 0 Å². The number of nitrogens with zero attached hydrogens (tertiary/aromatic N) is 1. The lowest BCUT2D eigenvalue weighted by atomic mass is 10.1. The Labute approximate surface area is 124 Å². The van der Waals surface area contributed by atoms with Crippen molar-refractivity contribution in [2.75, 3.05) is 13.1 Å². The first-order valence-corrected chi connectivity index (χ1v) is 7.84. The Kier molecular flexibility index (Phi) is 5.06. The van der Waals surface area contributed by atoms with Crippen LogP contribution in [0.4, 0.5) is 0 Å². The number of para-hydroxylation sites is 1. The summed E-state index contributed by atoms with van der Waals surface area (Å²) < 4.78 is 3.62. The second kappa shape index (κ2) is 6.58. The van der Waals surface area contributed by atoms with E-state index >= 15 is 0 Å². The van der Waals surface area contributed by atoms with Crippen molar-refractivity contribution < 1.29 is 0 Å². The summed E-state index contributed by atoms with van der Waals surface area (Å²) in [6.45, 7) is 9.87. The molecule has 1 aromatic carbocycles. The standard InChI is InChI=1S/C16H23BrN2/c1-12(2)8-9-18-10-11-19-13(3)16(17)14-6-4-5-7-15(14)19/h4-7,12,18H,8-11H2,1-3H3. The Morgan fingerprint density at radius 2 is 1.95 bits per heavy atom. The second-order valence-electron chi connectivity index (χ2n) is 5.50. The van der Waals surface area contributed by atoms with Gasteiger partial charge in [-0.3, -0.25) is 0 Å². The number of nitrogens with one attached hydrogen (secondary N) is 1. The van der Waals surface area contributed by atoms with E-state index in [0.29, 0.717) is 0 Å². The van der Waals surface area contributed by atoms with Crippen molar-refractivity contribution in [3.05, 3.63) is 34.4 Å². The van der Waals surface area contributed by atoms with Crippen LogP contribution in [0.25, 0.3) is 10.9 Å². The summed E-state index contributed by atoms with van der Waals surface area (Å²) in [5.74, 6) is 0.774. The zero-order valence-corrected chi connectivity index (χ0v) is 13.6. The Balaban J connectivity index is 2.02. The van der Waals surface area contributed by atoms with Crippen LogP contribution in [-0.4, -0.2) is 17.7 Å². The van der Waals surface area contributed by atoms with Crippen LogP contribution in [0.1, 0.15) is 26.0 Å². The molecule has 0 saturated carbocycles. The minimum Gasteiger partial charge on any atom is -0.342 e. The summed E-state index contributed by atoms with van der Waals surface area (Å²) in [5.41, 5.74) is 2.63. The average molecular weight is 323 g/mol. The van der Waals surface area contributed by atoms with Gasteiger partial charge in [0.2, 0.25) is 0 Å². The van der Waals surface area contributed by atoms with Crippen molar-refractivity contribution in [1.29, 1.82) is 0 Å². The number of aromatic nitrogens is 1. The first-order valence-electron chi connectivity index (χ1n) is 7.05. The third-order valence-electron chi connectivity index (χ3n) is 3.56. The summed E-state index contributed by atoms with van der Waals surface area (Å²) in [7, 11) is 0. The fourth-order valence-corrected chi connectivity index (χ4v) is 2.93. The molecule has 0 aliphatic rings. The molecule has 19 heavy (non-hydrogen) atoms. The van der Waals surface area contributed by atoms with E-state index in [9.17, 15) is 0 Å². The lowest BCUT2D eigenvalue weighted by Crippen LogP contribution is -2.22. The molecule has 0 radical (unpaired) electrons. The molecule has 2 nitrogen and oxygen atoms in total. The van der Waals surface area contributed by atoms with Gasteiger partial charge in [0.25, 0.3) is 0 Å². The van der Waals surface area contributed by atoms with E-state index < -0.39 is 0 Å². The molecule has 104 valence electrons. The molecule has 0 aliphatic carbocycles. The molecular weight excluding hydrogens is 300 g/mol. The van der Waals surface area contributed by atoms with Gasteiger partial charge in [-0.15, -0.1) is 0 Å². The molecule has 2 rings (SSSR count). The number of fused-ring (bicyclic) bond motifs is 1. The molecule has 1 aromatic heterocycles. The molecule has 0 bridgehead atoms. The highest BCUT2D eigenvalue weighted by Gasteiger charge is 2.10. The van der Waals surface area contributed by atoms with E-state index in [-0.39, 0.29) is 0 Å². The molecule has 0 unspecified atom stereocenters. The predicted octanol–water partition coefficient (Wildman–Crippen LogP) is 4.35. The van der Waals surface area contributed by atoms with Gasteiger partial charge in [-0.25, -0.2) is 0 Å². The Bertz CT molecular complexity index is 543. The highest BCUT2D eigenvalue weighted by Crippen LogP contribution is 2.30. The van der Waals surface area contributed by atoms with Crippen LogP contribution in [0.2, 0.25) is 0 Å². The normalized spacial score (nSPS) is 11.6. The third-order valence-corrected chi connectivity index (χ3v) is 4.57. The van der Waals surface area contributed by atoms with Crippen LogP contribution < -0.4 is 5.32 Å². The molecule has 1 heterocycles. The fourth-order valence-electron chi connectivity index (χ4n) is 2.38. The largest absolute Gasteiger partial charge is 0.342 e. The zero-order valence-electron chi connectivity index (χ0n) is 12.0. The van der Waals surface area contributed by atoms with Gasteiger partial charge >= 0.3 is 0 Å². The first kappa shape index (κ1) is 14.6. The Hall–Kier alpha value is -0.800. The minimum absolute atomic E-state index is 0.774. The molecular formula is C16H23BrN2. The highest BCUT2D eigenvalue weighted by atomic mass is 79.9. The summed E-state index contributed by atoms with van der Waals surface area (Å²) in [4.78, 5) is 0. The van der Waals surface area contributed by atoms with E-state index in [1.807, 2.05) is 0 Å². The lowest BCUT2D eigenvalue weighted by molar-refractivity contribution is 0.520. The summed E-state index contributed by atoms with van der Waals surface area (Å²) in [6.07, 6.45) is 1.25. The van der Waals surface area contributed by atoms with Gasteiger partial charge in [-0.05, 0) is 47.8 Å². The molecule has 0 spiro atoms. The quantitative estimate of drug-likeness (QED) is 0.782. The summed E-state index contributed by atoms with van der Waals surface area (Å²) >= 11 is 3.70. The van der Waals surface area contributed by atoms with Crippen LogP contribution in [-0.2, 0) is 6.54 Å². The molecule has 0 fully saturated rings. The highest BCUT2D eigenvalue weighted by molar-refractivity contribution is 9.10. The number of rotatable bonds is 6. The second-order valence-corrected chi connectivity index (χ2v) is 6.29. The van der Waals surface area contributed by atoms with Gasteiger partial charge in [0.05, 0.1) is 0 Å². The van der Waals surface area contributed by atoms with Gasteiger partial charge in [-0.2, -0.15) is 0 Å². The van der Waals surface area contributed by atoms with Crippen LogP contribution in [0, 0.1) is 12.8 Å².